The molecule has 3 atom stereocenters. The second-order valence-electron chi connectivity index (χ2n) is 5.25. The monoisotopic (exact) mass is 237 g/mol. The van der Waals surface area contributed by atoms with Crippen molar-refractivity contribution in [2.75, 3.05) is 13.1 Å². The first-order valence-corrected chi connectivity index (χ1v) is 6.57. The summed E-state index contributed by atoms with van der Waals surface area (Å²) in [6.07, 6.45) is 7.95. The summed E-state index contributed by atoms with van der Waals surface area (Å²) in [5, 5.41) is 3.24. The topological polar surface area (TPSA) is 47.6 Å². The minimum Gasteiger partial charge on any atom is -0.431 e. The van der Waals surface area contributed by atoms with Crippen LogP contribution in [0.4, 0.5) is 4.79 Å². The van der Waals surface area contributed by atoms with E-state index in [2.05, 4.69) is 17.5 Å². The molecule has 0 amide bonds. The van der Waals surface area contributed by atoms with Crippen LogP contribution < -0.4 is 5.32 Å². The van der Waals surface area contributed by atoms with E-state index in [9.17, 15) is 4.79 Å². The zero-order valence-corrected chi connectivity index (χ0v) is 9.93. The maximum Gasteiger partial charge on any atom is 0.508 e. The number of nitrogens with one attached hydrogen (secondary N) is 1. The third kappa shape index (κ3) is 2.46. The van der Waals surface area contributed by atoms with E-state index in [1.54, 1.807) is 0 Å². The van der Waals surface area contributed by atoms with Gasteiger partial charge in [-0.15, -0.1) is 0 Å². The maximum absolute atomic E-state index is 11.7. The fourth-order valence-corrected chi connectivity index (χ4v) is 3.07. The number of carbonyl (C=O) groups is 1. The highest BCUT2D eigenvalue weighted by atomic mass is 16.7. The molecule has 2 aliphatic carbocycles. The highest BCUT2D eigenvalue weighted by Gasteiger charge is 2.38. The van der Waals surface area contributed by atoms with Crippen LogP contribution >= 0.6 is 0 Å². The number of ether oxygens (including phenoxy) is 2. The Morgan fingerprint density at radius 2 is 1.94 bits per heavy atom. The van der Waals surface area contributed by atoms with Crippen LogP contribution in [0.15, 0.2) is 12.2 Å². The van der Waals surface area contributed by atoms with Crippen molar-refractivity contribution in [3.05, 3.63) is 12.2 Å². The van der Waals surface area contributed by atoms with Gasteiger partial charge >= 0.3 is 6.16 Å². The number of carbonyl (C=O) groups excluding carboxylic acids is 1. The lowest BCUT2D eigenvalue weighted by Gasteiger charge is -2.24. The molecule has 3 aliphatic rings. The lowest BCUT2D eigenvalue weighted by atomic mass is 10.1. The van der Waals surface area contributed by atoms with Crippen LogP contribution in [0.1, 0.15) is 25.7 Å². The summed E-state index contributed by atoms with van der Waals surface area (Å²) >= 11 is 0. The molecule has 3 rings (SSSR count). The number of allylic oxidation sites excluding steroid dienone is 1. The Labute approximate surface area is 101 Å². The first kappa shape index (κ1) is 11.1. The summed E-state index contributed by atoms with van der Waals surface area (Å²) in [6, 6.07) is 0. The molecule has 4 heteroatoms. The fraction of sp³-hybridized carbons (Fsp3) is 0.769. The van der Waals surface area contributed by atoms with Crippen molar-refractivity contribution >= 4 is 6.16 Å². The summed E-state index contributed by atoms with van der Waals surface area (Å²) in [7, 11) is 0. The molecule has 0 aromatic heterocycles. The Kier molecular flexibility index (Phi) is 3.05. The second-order valence-corrected chi connectivity index (χ2v) is 5.25. The first-order valence-electron chi connectivity index (χ1n) is 6.57. The van der Waals surface area contributed by atoms with E-state index >= 15 is 0 Å². The lowest BCUT2D eigenvalue weighted by molar-refractivity contribution is -0.0147. The molecular weight excluding hydrogens is 218 g/mol. The van der Waals surface area contributed by atoms with E-state index < -0.39 is 6.16 Å². The van der Waals surface area contributed by atoms with Crippen LogP contribution in [0.5, 0.6) is 0 Å². The molecule has 3 unspecified atom stereocenters. The number of hydrogen-bond acceptors (Lipinski definition) is 4. The van der Waals surface area contributed by atoms with Crippen LogP contribution in [0.25, 0.3) is 0 Å². The van der Waals surface area contributed by atoms with Gasteiger partial charge in [0.05, 0.1) is 0 Å². The molecule has 4 nitrogen and oxygen atoms in total. The molecule has 0 aromatic carbocycles. The Bertz CT molecular complexity index is 323. The number of piperidine rings is 1. The number of hydrogen-bond donors (Lipinski definition) is 1. The standard InChI is InChI=1S/C13H19NO3/c15-13(16-11-3-5-14-6-4-11)17-12-8-9-1-2-10(12)7-9/h1-2,9-12,14H,3-8H2. The SMILES string of the molecule is O=C(OC1CCNCC1)OC1CC2C=CC1C2. The summed E-state index contributed by atoms with van der Waals surface area (Å²) < 4.78 is 10.8. The van der Waals surface area contributed by atoms with E-state index in [4.69, 9.17) is 9.47 Å². The van der Waals surface area contributed by atoms with Gasteiger partial charge in [0.25, 0.3) is 0 Å². The highest BCUT2D eigenvalue weighted by molar-refractivity contribution is 5.60. The average Bonchev–Trinajstić information content (AvgIpc) is 2.92. The van der Waals surface area contributed by atoms with E-state index in [-0.39, 0.29) is 12.2 Å². The Hall–Kier alpha value is -1.03. The van der Waals surface area contributed by atoms with Crippen LogP contribution in [0.2, 0.25) is 0 Å². The van der Waals surface area contributed by atoms with Crippen LogP contribution in [-0.2, 0) is 9.47 Å². The van der Waals surface area contributed by atoms with Gasteiger partial charge in [0.15, 0.2) is 0 Å². The molecule has 2 bridgehead atoms. The van der Waals surface area contributed by atoms with Crippen molar-refractivity contribution in [2.45, 2.75) is 37.9 Å². The fourth-order valence-electron chi connectivity index (χ4n) is 3.07. The molecule has 2 fully saturated rings. The molecule has 1 saturated heterocycles. The minimum atomic E-state index is -0.470. The normalized spacial score (nSPS) is 36.1. The summed E-state index contributed by atoms with van der Waals surface area (Å²) in [6.45, 7) is 1.85. The van der Waals surface area contributed by atoms with Crippen molar-refractivity contribution in [2.24, 2.45) is 11.8 Å². The zero-order valence-electron chi connectivity index (χ0n) is 9.93. The summed E-state index contributed by atoms with van der Waals surface area (Å²) in [4.78, 5) is 11.7. The van der Waals surface area contributed by atoms with E-state index in [1.165, 1.54) is 0 Å². The van der Waals surface area contributed by atoms with Gasteiger partial charge in [-0.2, -0.15) is 0 Å². The lowest BCUT2D eigenvalue weighted by Crippen LogP contribution is -2.35. The number of fused-ring (bicyclic) bond motifs is 2. The van der Waals surface area contributed by atoms with E-state index in [1.807, 2.05) is 0 Å². The van der Waals surface area contributed by atoms with Gasteiger partial charge in [-0.25, -0.2) is 4.79 Å². The second kappa shape index (κ2) is 4.69. The predicted molar refractivity (Wildman–Crippen MR) is 62.6 cm³/mol. The maximum atomic E-state index is 11.7. The molecular formula is C13H19NO3. The first-order chi connectivity index (χ1) is 8.31. The van der Waals surface area contributed by atoms with Crippen LogP contribution in [0.3, 0.4) is 0 Å². The predicted octanol–water partition coefficient (Wildman–Crippen LogP) is 1.86. The van der Waals surface area contributed by atoms with Gasteiger partial charge < -0.3 is 14.8 Å². The molecule has 1 aliphatic heterocycles. The average molecular weight is 237 g/mol. The van der Waals surface area contributed by atoms with Crippen molar-refractivity contribution in [1.29, 1.82) is 0 Å². The zero-order chi connectivity index (χ0) is 11.7. The van der Waals surface area contributed by atoms with Crippen LogP contribution in [-0.4, -0.2) is 31.5 Å². The quantitative estimate of drug-likeness (QED) is 0.588. The van der Waals surface area contributed by atoms with E-state index in [0.717, 1.165) is 38.8 Å². The molecule has 0 radical (unpaired) electrons. The minimum absolute atomic E-state index is 0.0397. The third-order valence-electron chi connectivity index (χ3n) is 4.01. The van der Waals surface area contributed by atoms with Gasteiger partial charge in [0.1, 0.15) is 12.2 Å². The van der Waals surface area contributed by atoms with Gasteiger partial charge in [0, 0.05) is 5.92 Å². The Morgan fingerprint density at radius 1 is 1.12 bits per heavy atom. The van der Waals surface area contributed by atoms with E-state index in [0.29, 0.717) is 11.8 Å². The molecule has 1 saturated carbocycles. The van der Waals surface area contributed by atoms with Crippen LogP contribution in [0, 0.1) is 11.8 Å². The molecule has 1 N–H and O–H groups in total. The smallest absolute Gasteiger partial charge is 0.431 e. The van der Waals surface area contributed by atoms with Gasteiger partial charge in [0.2, 0.25) is 0 Å². The summed E-state index contributed by atoms with van der Waals surface area (Å²) in [5.41, 5.74) is 0. The number of rotatable bonds is 2. The highest BCUT2D eigenvalue weighted by Crippen LogP contribution is 2.40. The molecule has 0 aromatic rings. The molecule has 94 valence electrons. The van der Waals surface area contributed by atoms with Gasteiger partial charge in [-0.05, 0) is 44.7 Å². The van der Waals surface area contributed by atoms with Gasteiger partial charge in [-0.1, -0.05) is 12.2 Å². The molecule has 17 heavy (non-hydrogen) atoms. The Balaban J connectivity index is 1.45. The van der Waals surface area contributed by atoms with Crippen molar-refractivity contribution in [3.8, 4) is 0 Å². The van der Waals surface area contributed by atoms with Crippen molar-refractivity contribution < 1.29 is 14.3 Å². The van der Waals surface area contributed by atoms with Crippen molar-refractivity contribution in [1.82, 2.24) is 5.32 Å². The van der Waals surface area contributed by atoms with Crippen molar-refractivity contribution in [3.63, 3.8) is 0 Å². The van der Waals surface area contributed by atoms with Gasteiger partial charge in [-0.3, -0.25) is 0 Å². The Morgan fingerprint density at radius 3 is 2.59 bits per heavy atom. The molecule has 0 spiro atoms. The third-order valence-corrected chi connectivity index (χ3v) is 4.01. The molecule has 1 heterocycles. The summed E-state index contributed by atoms with van der Waals surface area (Å²) in [5.74, 6) is 1.05. The largest absolute Gasteiger partial charge is 0.508 e.